The third-order valence-corrected chi connectivity index (χ3v) is 4.46. The number of ether oxygens (including phenoxy) is 1. The maximum Gasteiger partial charge on any atom is 0.256 e. The van der Waals surface area contributed by atoms with E-state index in [1.54, 1.807) is 43.5 Å². The zero-order valence-electron chi connectivity index (χ0n) is 17.0. The van der Waals surface area contributed by atoms with Crippen molar-refractivity contribution >= 4 is 23.5 Å². The molecule has 0 radical (unpaired) electrons. The Balaban J connectivity index is 2.12. The average Bonchev–Trinajstić information content (AvgIpc) is 2.72. The van der Waals surface area contributed by atoms with Gasteiger partial charge in [0.05, 0.1) is 17.3 Å². The van der Waals surface area contributed by atoms with Crippen LogP contribution in [0, 0.1) is 22.8 Å². The number of hydrogen-bond acceptors (Lipinski definition) is 5. The van der Waals surface area contributed by atoms with E-state index in [4.69, 9.17) is 10.00 Å². The molecule has 3 rings (SSSR count). The predicted octanol–water partition coefficient (Wildman–Crippen LogP) is 4.51. The highest BCUT2D eigenvalue weighted by Gasteiger charge is 2.32. The Kier molecular flexibility index (Phi) is 5.80. The predicted molar refractivity (Wildman–Crippen MR) is 115 cm³/mol. The van der Waals surface area contributed by atoms with Gasteiger partial charge in [-0.25, -0.2) is 0 Å². The molecule has 6 heteroatoms. The van der Waals surface area contributed by atoms with Crippen LogP contribution in [0.3, 0.4) is 0 Å². The first-order valence-electron chi connectivity index (χ1n) is 9.31. The number of nitrogens with zero attached hydrogens (tertiary/aromatic N) is 4. The van der Waals surface area contributed by atoms with Gasteiger partial charge in [-0.2, -0.15) is 15.5 Å². The number of aliphatic imine (C=N–C) groups is 1. The second kappa shape index (κ2) is 8.46. The second-order valence-electron chi connectivity index (χ2n) is 7.23. The van der Waals surface area contributed by atoms with Crippen molar-refractivity contribution in [3.63, 3.8) is 0 Å². The molecular weight excluding hydrogens is 376 g/mol. The van der Waals surface area contributed by atoms with E-state index < -0.39 is 5.60 Å². The van der Waals surface area contributed by atoms with Crippen LogP contribution in [0.1, 0.15) is 37.5 Å². The first-order valence-corrected chi connectivity index (χ1v) is 9.31. The van der Waals surface area contributed by atoms with Crippen LogP contribution < -0.4 is 4.74 Å². The molecule has 0 unspecified atom stereocenters. The summed E-state index contributed by atoms with van der Waals surface area (Å²) in [6.07, 6.45) is 6.67. The monoisotopic (exact) mass is 396 g/mol. The Bertz CT molecular complexity index is 1150. The van der Waals surface area contributed by atoms with Crippen molar-refractivity contribution in [3.05, 3.63) is 77.4 Å². The van der Waals surface area contributed by atoms with Gasteiger partial charge in [0.1, 0.15) is 17.2 Å². The minimum absolute atomic E-state index is 0.220. The van der Waals surface area contributed by atoms with E-state index in [0.717, 1.165) is 5.56 Å². The Hall–Kier alpha value is -4.16. The summed E-state index contributed by atoms with van der Waals surface area (Å²) in [5.41, 5.74) is 1.70. The summed E-state index contributed by atoms with van der Waals surface area (Å²) in [6, 6.07) is 16.6. The molecule has 0 saturated carbocycles. The molecule has 0 fully saturated rings. The van der Waals surface area contributed by atoms with Gasteiger partial charge in [0, 0.05) is 11.6 Å². The molecule has 6 nitrogen and oxygen atoms in total. The van der Waals surface area contributed by atoms with Crippen molar-refractivity contribution in [2.75, 3.05) is 0 Å². The van der Waals surface area contributed by atoms with Gasteiger partial charge in [-0.3, -0.25) is 9.69 Å². The molecule has 1 aliphatic heterocycles. The van der Waals surface area contributed by atoms with Crippen LogP contribution in [0.5, 0.6) is 5.75 Å². The van der Waals surface area contributed by atoms with Crippen LogP contribution in [0.4, 0.5) is 0 Å². The standard InChI is InChI=1S/C24H20N4O2/c1-17(27-16-26)28(23(29)12-10-18-7-5-4-6-8-18)21-14-24(2,3)30-22-11-9-19(15-25)13-20(21)22/h4-14H,1-3H3. The zero-order valence-corrected chi connectivity index (χ0v) is 17.0. The van der Waals surface area contributed by atoms with Crippen molar-refractivity contribution in [1.29, 1.82) is 10.5 Å². The quantitative estimate of drug-likeness (QED) is 0.330. The summed E-state index contributed by atoms with van der Waals surface area (Å²) in [5.74, 6) is 0.399. The van der Waals surface area contributed by atoms with Gasteiger partial charge in [0.2, 0.25) is 6.19 Å². The van der Waals surface area contributed by atoms with Gasteiger partial charge in [-0.05, 0) is 56.7 Å². The average molecular weight is 396 g/mol. The number of benzene rings is 2. The number of amidine groups is 1. The smallest absolute Gasteiger partial charge is 0.256 e. The lowest BCUT2D eigenvalue weighted by Gasteiger charge is -2.35. The highest BCUT2D eigenvalue weighted by Crippen LogP contribution is 2.38. The van der Waals surface area contributed by atoms with Crippen LogP contribution in [0.15, 0.2) is 65.7 Å². The minimum Gasteiger partial charge on any atom is -0.483 e. The fourth-order valence-corrected chi connectivity index (χ4v) is 3.17. The van der Waals surface area contributed by atoms with Crippen molar-refractivity contribution in [3.8, 4) is 18.0 Å². The third kappa shape index (κ3) is 4.45. The molecule has 2 aromatic carbocycles. The molecule has 1 amide bonds. The summed E-state index contributed by atoms with van der Waals surface area (Å²) in [5, 5.41) is 18.4. The Labute approximate surface area is 175 Å². The normalized spacial score (nSPS) is 14.7. The van der Waals surface area contributed by atoms with Gasteiger partial charge in [0.25, 0.3) is 5.91 Å². The number of amides is 1. The van der Waals surface area contributed by atoms with Crippen molar-refractivity contribution in [1.82, 2.24) is 4.90 Å². The van der Waals surface area contributed by atoms with Crippen LogP contribution in [-0.2, 0) is 4.79 Å². The SMILES string of the molecule is CC(=NC#N)N(C(=O)C=Cc1ccccc1)C1=CC(C)(C)Oc2ccc(C#N)cc21. The molecule has 0 saturated heterocycles. The summed E-state index contributed by atoms with van der Waals surface area (Å²) >= 11 is 0. The molecule has 0 aromatic heterocycles. The fourth-order valence-electron chi connectivity index (χ4n) is 3.17. The number of nitriles is 2. The summed E-state index contributed by atoms with van der Waals surface area (Å²) < 4.78 is 6.00. The molecule has 0 N–H and O–H groups in total. The number of carbonyl (C=O) groups is 1. The molecule has 1 heterocycles. The Morgan fingerprint density at radius 3 is 2.57 bits per heavy atom. The number of carbonyl (C=O) groups excluding carboxylic acids is 1. The molecule has 0 bridgehead atoms. The summed E-state index contributed by atoms with van der Waals surface area (Å²) in [4.78, 5) is 18.4. The van der Waals surface area contributed by atoms with Crippen LogP contribution in [-0.4, -0.2) is 22.2 Å². The maximum atomic E-state index is 13.2. The van der Waals surface area contributed by atoms with Gasteiger partial charge >= 0.3 is 0 Å². The number of hydrogen-bond donors (Lipinski definition) is 0. The van der Waals surface area contributed by atoms with E-state index in [-0.39, 0.29) is 11.7 Å². The first kappa shape index (κ1) is 20.6. The second-order valence-corrected chi connectivity index (χ2v) is 7.23. The number of fused-ring (bicyclic) bond motifs is 1. The molecule has 0 spiro atoms. The third-order valence-electron chi connectivity index (χ3n) is 4.46. The van der Waals surface area contributed by atoms with Crippen LogP contribution in [0.25, 0.3) is 11.8 Å². The number of rotatable bonds is 3. The largest absolute Gasteiger partial charge is 0.483 e. The van der Waals surface area contributed by atoms with E-state index in [9.17, 15) is 10.1 Å². The topological polar surface area (TPSA) is 89.5 Å². The zero-order chi connectivity index (χ0) is 21.7. The molecule has 148 valence electrons. The lowest BCUT2D eigenvalue weighted by Crippen LogP contribution is -2.38. The molecule has 0 aliphatic carbocycles. The van der Waals surface area contributed by atoms with Gasteiger partial charge in [-0.1, -0.05) is 30.3 Å². The molecule has 2 aromatic rings. The van der Waals surface area contributed by atoms with Crippen molar-refractivity contribution in [2.45, 2.75) is 26.4 Å². The molecular formula is C24H20N4O2. The van der Waals surface area contributed by atoms with Crippen LogP contribution in [0.2, 0.25) is 0 Å². The molecule has 0 atom stereocenters. The van der Waals surface area contributed by atoms with Crippen molar-refractivity contribution < 1.29 is 9.53 Å². The fraction of sp³-hybridized carbons (Fsp3) is 0.167. The van der Waals surface area contributed by atoms with Crippen LogP contribution >= 0.6 is 0 Å². The maximum absolute atomic E-state index is 13.2. The first-order chi connectivity index (χ1) is 14.3. The van der Waals surface area contributed by atoms with Gasteiger partial charge in [-0.15, -0.1) is 0 Å². The summed E-state index contributed by atoms with van der Waals surface area (Å²) in [7, 11) is 0. The van der Waals surface area contributed by atoms with E-state index in [0.29, 0.717) is 22.6 Å². The van der Waals surface area contributed by atoms with E-state index in [1.165, 1.54) is 11.0 Å². The molecule has 30 heavy (non-hydrogen) atoms. The highest BCUT2D eigenvalue weighted by atomic mass is 16.5. The van der Waals surface area contributed by atoms with Gasteiger partial charge < -0.3 is 4.74 Å². The lowest BCUT2D eigenvalue weighted by molar-refractivity contribution is -0.120. The van der Waals surface area contributed by atoms with E-state index in [2.05, 4.69) is 11.1 Å². The van der Waals surface area contributed by atoms with E-state index in [1.807, 2.05) is 44.2 Å². The van der Waals surface area contributed by atoms with Gasteiger partial charge in [0.15, 0.2) is 0 Å². The van der Waals surface area contributed by atoms with E-state index >= 15 is 0 Å². The Morgan fingerprint density at radius 1 is 1.17 bits per heavy atom. The highest BCUT2D eigenvalue weighted by molar-refractivity contribution is 6.11. The van der Waals surface area contributed by atoms with Crippen molar-refractivity contribution in [2.24, 2.45) is 4.99 Å². The summed E-state index contributed by atoms with van der Waals surface area (Å²) in [6.45, 7) is 5.33. The lowest BCUT2D eigenvalue weighted by atomic mass is 9.96. The Morgan fingerprint density at radius 2 is 1.90 bits per heavy atom. The molecule has 1 aliphatic rings. The minimum atomic E-state index is -0.703.